The third kappa shape index (κ3) is 2.94. The molecule has 0 aromatic heterocycles. The van der Waals surface area contributed by atoms with Gasteiger partial charge in [0, 0.05) is 5.92 Å². The predicted octanol–water partition coefficient (Wildman–Crippen LogP) is 4.46. The average Bonchev–Trinajstić information content (AvgIpc) is 2.87. The topological polar surface area (TPSA) is 83.6 Å². The van der Waals surface area contributed by atoms with Crippen molar-refractivity contribution in [3.8, 4) is 0 Å². The van der Waals surface area contributed by atoms with Crippen LogP contribution in [0.1, 0.15) is 33.6 Å². The number of carbonyl (C=O) groups excluding carboxylic acids is 2. The van der Waals surface area contributed by atoms with Crippen molar-refractivity contribution in [1.82, 2.24) is 0 Å². The smallest absolute Gasteiger partial charge is 0.262 e. The monoisotopic (exact) mass is 446 g/mol. The van der Waals surface area contributed by atoms with Crippen LogP contribution >= 0.6 is 11.6 Å². The molecule has 2 aliphatic rings. The molecular formula is C22H23ClN2O4S. The van der Waals surface area contributed by atoms with Gasteiger partial charge in [-0.2, -0.15) is 0 Å². The van der Waals surface area contributed by atoms with Gasteiger partial charge >= 0.3 is 0 Å². The molecule has 158 valence electrons. The fourth-order valence-electron chi connectivity index (χ4n) is 4.60. The van der Waals surface area contributed by atoms with Crippen LogP contribution in [-0.4, -0.2) is 20.2 Å². The van der Waals surface area contributed by atoms with Crippen molar-refractivity contribution in [2.75, 3.05) is 9.62 Å². The Balaban J connectivity index is 1.72. The highest BCUT2D eigenvalue weighted by Crippen LogP contribution is 2.60. The molecule has 4 rings (SSSR count). The summed E-state index contributed by atoms with van der Waals surface area (Å²) in [6, 6.07) is 12.4. The number of halogens is 1. The minimum Gasteiger partial charge on any atom is -0.278 e. The van der Waals surface area contributed by atoms with Crippen molar-refractivity contribution in [1.29, 1.82) is 0 Å². The molecule has 2 aromatic rings. The lowest BCUT2D eigenvalue weighted by Crippen LogP contribution is -2.59. The van der Waals surface area contributed by atoms with Gasteiger partial charge in [0.15, 0.2) is 0 Å². The summed E-state index contributed by atoms with van der Waals surface area (Å²) in [5.41, 5.74) is -0.592. The fourth-order valence-corrected chi connectivity index (χ4v) is 5.96. The van der Waals surface area contributed by atoms with E-state index in [0.717, 1.165) is 4.90 Å². The molecule has 2 fully saturated rings. The summed E-state index contributed by atoms with van der Waals surface area (Å²) in [7, 11) is -3.97. The summed E-state index contributed by atoms with van der Waals surface area (Å²) in [4.78, 5) is 27.6. The average molecular weight is 447 g/mol. The number of piperidine rings is 1. The number of nitrogens with zero attached hydrogens (tertiary/aromatic N) is 1. The highest BCUT2D eigenvalue weighted by Gasteiger charge is 2.64. The first kappa shape index (κ1) is 20.9. The summed E-state index contributed by atoms with van der Waals surface area (Å²) >= 11 is 6.07. The van der Waals surface area contributed by atoms with Gasteiger partial charge in [0.2, 0.25) is 11.8 Å². The summed E-state index contributed by atoms with van der Waals surface area (Å²) < 4.78 is 28.3. The zero-order chi connectivity index (χ0) is 21.9. The second kappa shape index (κ2) is 6.82. The molecule has 8 heteroatoms. The standard InChI is InChI=1S/C22H23ClN2O4S/c1-21(2)16-11-12-22(21,3)20(27)25(19(16)26)14-7-6-8-15(13-14)30(28,29)24-18-10-5-4-9-17(18)23/h4-10,13,16,24H,11-12H2,1-3H3/t16-,22+/m0/s1. The van der Waals surface area contributed by atoms with Crippen LogP contribution in [0.3, 0.4) is 0 Å². The van der Waals surface area contributed by atoms with E-state index in [0.29, 0.717) is 12.8 Å². The van der Waals surface area contributed by atoms with Gasteiger partial charge in [0.1, 0.15) is 0 Å². The van der Waals surface area contributed by atoms with E-state index < -0.39 is 20.9 Å². The van der Waals surface area contributed by atoms with Gasteiger partial charge in [0.05, 0.1) is 26.7 Å². The zero-order valence-corrected chi connectivity index (χ0v) is 18.5. The number of anilines is 2. The maximum atomic E-state index is 13.4. The van der Waals surface area contributed by atoms with E-state index in [9.17, 15) is 18.0 Å². The lowest BCUT2D eigenvalue weighted by Gasteiger charge is -2.47. The first-order valence-corrected chi connectivity index (χ1v) is 11.6. The highest BCUT2D eigenvalue weighted by molar-refractivity contribution is 7.92. The Morgan fingerprint density at radius 1 is 1.07 bits per heavy atom. The Labute approximate surface area is 181 Å². The Morgan fingerprint density at radius 3 is 2.47 bits per heavy atom. The molecule has 1 aliphatic heterocycles. The molecule has 1 saturated heterocycles. The molecule has 0 unspecified atom stereocenters. The van der Waals surface area contributed by atoms with Gasteiger partial charge < -0.3 is 0 Å². The summed E-state index contributed by atoms with van der Waals surface area (Å²) in [5, 5.41) is 0.269. The third-order valence-corrected chi connectivity index (χ3v) is 8.62. The van der Waals surface area contributed by atoms with Crippen LogP contribution in [-0.2, 0) is 19.6 Å². The Morgan fingerprint density at radius 2 is 1.77 bits per heavy atom. The minimum atomic E-state index is -3.97. The molecule has 2 bridgehead atoms. The first-order chi connectivity index (χ1) is 14.0. The van der Waals surface area contributed by atoms with E-state index in [1.54, 1.807) is 30.3 Å². The molecule has 0 radical (unpaired) electrons. The zero-order valence-electron chi connectivity index (χ0n) is 17.0. The summed E-state index contributed by atoms with van der Waals surface area (Å²) in [6.45, 7) is 5.83. The number of hydrogen-bond acceptors (Lipinski definition) is 4. The summed E-state index contributed by atoms with van der Waals surface area (Å²) in [5.74, 6) is -0.824. The molecule has 1 N–H and O–H groups in total. The molecular weight excluding hydrogens is 424 g/mol. The maximum Gasteiger partial charge on any atom is 0.262 e. The van der Waals surface area contributed by atoms with Crippen LogP contribution in [0.2, 0.25) is 5.02 Å². The summed E-state index contributed by atoms with van der Waals surface area (Å²) in [6.07, 6.45) is 1.29. The number of rotatable bonds is 4. The normalized spacial score (nSPS) is 25.5. The molecule has 2 aromatic carbocycles. The Kier molecular flexibility index (Phi) is 4.74. The number of para-hydroxylation sites is 1. The van der Waals surface area contributed by atoms with Gasteiger partial charge in [-0.25, -0.2) is 13.3 Å². The number of carbonyl (C=O) groups is 2. The van der Waals surface area contributed by atoms with Crippen LogP contribution < -0.4 is 9.62 Å². The van der Waals surface area contributed by atoms with E-state index in [1.807, 2.05) is 20.8 Å². The van der Waals surface area contributed by atoms with Gasteiger partial charge in [-0.05, 0) is 48.6 Å². The predicted molar refractivity (Wildman–Crippen MR) is 116 cm³/mol. The molecule has 0 spiro atoms. The highest BCUT2D eigenvalue weighted by atomic mass is 35.5. The molecule has 30 heavy (non-hydrogen) atoms. The van der Waals surface area contributed by atoms with Crippen LogP contribution in [0, 0.1) is 16.7 Å². The van der Waals surface area contributed by atoms with E-state index >= 15 is 0 Å². The van der Waals surface area contributed by atoms with Crippen LogP contribution in [0.25, 0.3) is 0 Å². The Bertz CT molecular complexity index is 1160. The van der Waals surface area contributed by atoms with Crippen molar-refractivity contribution in [3.05, 3.63) is 53.6 Å². The number of amides is 2. The second-order valence-corrected chi connectivity index (χ2v) is 10.8. The lowest BCUT2D eigenvalue weighted by atomic mass is 9.62. The van der Waals surface area contributed by atoms with Crippen molar-refractivity contribution in [2.24, 2.45) is 16.7 Å². The van der Waals surface area contributed by atoms with Crippen LogP contribution in [0.5, 0.6) is 0 Å². The van der Waals surface area contributed by atoms with Crippen LogP contribution in [0.4, 0.5) is 11.4 Å². The molecule has 1 heterocycles. The van der Waals surface area contributed by atoms with Crippen molar-refractivity contribution < 1.29 is 18.0 Å². The van der Waals surface area contributed by atoms with Gasteiger partial charge in [-0.3, -0.25) is 14.3 Å². The van der Waals surface area contributed by atoms with Gasteiger partial charge in [0.25, 0.3) is 10.0 Å². The first-order valence-electron chi connectivity index (χ1n) is 9.75. The van der Waals surface area contributed by atoms with Gasteiger partial charge in [-0.15, -0.1) is 0 Å². The number of sulfonamides is 1. The number of imide groups is 1. The molecule has 1 saturated carbocycles. The quantitative estimate of drug-likeness (QED) is 0.703. The number of nitrogens with one attached hydrogen (secondary N) is 1. The molecule has 2 atom stereocenters. The Hall–Kier alpha value is -2.38. The van der Waals surface area contributed by atoms with Crippen molar-refractivity contribution >= 4 is 44.8 Å². The number of fused-ring (bicyclic) bond motifs is 2. The number of hydrogen-bond donors (Lipinski definition) is 1. The fraction of sp³-hybridized carbons (Fsp3) is 0.364. The molecule has 1 aliphatic carbocycles. The maximum absolute atomic E-state index is 13.4. The van der Waals surface area contributed by atoms with Crippen LogP contribution in [0.15, 0.2) is 53.4 Å². The van der Waals surface area contributed by atoms with Gasteiger partial charge in [-0.1, -0.05) is 50.6 Å². The lowest BCUT2D eigenvalue weighted by molar-refractivity contribution is -0.146. The molecule has 6 nitrogen and oxygen atoms in total. The minimum absolute atomic E-state index is 0.0529. The van der Waals surface area contributed by atoms with E-state index in [4.69, 9.17) is 11.6 Å². The van der Waals surface area contributed by atoms with E-state index in [1.165, 1.54) is 18.2 Å². The van der Waals surface area contributed by atoms with E-state index in [2.05, 4.69) is 4.72 Å². The second-order valence-electron chi connectivity index (χ2n) is 8.71. The molecule has 2 amide bonds. The van der Waals surface area contributed by atoms with Crippen molar-refractivity contribution in [3.63, 3.8) is 0 Å². The van der Waals surface area contributed by atoms with Crippen molar-refractivity contribution in [2.45, 2.75) is 38.5 Å². The van der Waals surface area contributed by atoms with E-state index in [-0.39, 0.29) is 39.0 Å². The SMILES string of the molecule is CC1(C)[C@H]2CC[C@]1(C)C(=O)N(c1cccc(S(=O)(=O)Nc3ccccc3Cl)c1)C2=O. The number of benzene rings is 2. The third-order valence-electron chi connectivity index (χ3n) is 6.92. The largest absolute Gasteiger partial charge is 0.278 e.